The van der Waals surface area contributed by atoms with Crippen LogP contribution in [-0.2, 0) is 24.3 Å². The summed E-state index contributed by atoms with van der Waals surface area (Å²) in [5.41, 5.74) is 13.1. The average Bonchev–Trinajstić information content (AvgIpc) is 3.36. The highest BCUT2D eigenvalue weighted by molar-refractivity contribution is 6.01. The first-order chi connectivity index (χ1) is 19.9. The molecule has 4 aromatic rings. The van der Waals surface area contributed by atoms with E-state index >= 15 is 0 Å². The van der Waals surface area contributed by atoms with Gasteiger partial charge in [-0.05, 0) is 81.0 Å². The molecule has 1 aromatic carbocycles. The van der Waals surface area contributed by atoms with Crippen molar-refractivity contribution in [1.29, 1.82) is 0 Å². The van der Waals surface area contributed by atoms with Crippen LogP contribution >= 0.6 is 0 Å². The summed E-state index contributed by atoms with van der Waals surface area (Å²) in [6.45, 7) is 16.1. The van der Waals surface area contributed by atoms with Gasteiger partial charge in [0.2, 0.25) is 11.7 Å². The summed E-state index contributed by atoms with van der Waals surface area (Å²) in [4.78, 5) is 30.5. The quantitative estimate of drug-likeness (QED) is 0.147. The highest BCUT2D eigenvalue weighted by atomic mass is 16.6. The van der Waals surface area contributed by atoms with Gasteiger partial charge in [0.25, 0.3) is 0 Å². The number of carbonyl (C=O) groups is 1. The van der Waals surface area contributed by atoms with Crippen molar-refractivity contribution in [3.05, 3.63) is 88.1 Å². The van der Waals surface area contributed by atoms with E-state index in [1.165, 1.54) is 5.56 Å². The number of amidine groups is 1. The van der Waals surface area contributed by atoms with Crippen LogP contribution in [0.4, 0.5) is 5.82 Å². The molecule has 3 heterocycles. The number of aryl methyl sites for hydroxylation is 2. The Morgan fingerprint density at radius 3 is 2.60 bits per heavy atom. The Hall–Kier alpha value is -4.73. The van der Waals surface area contributed by atoms with Gasteiger partial charge in [0.15, 0.2) is 0 Å². The lowest BCUT2D eigenvalue weighted by Crippen LogP contribution is -2.25. The highest BCUT2D eigenvalue weighted by Gasteiger charge is 2.22. The zero-order valence-corrected chi connectivity index (χ0v) is 25.4. The second kappa shape index (κ2) is 12.4. The van der Waals surface area contributed by atoms with Crippen LogP contribution in [0, 0.1) is 13.8 Å². The second-order valence-corrected chi connectivity index (χ2v) is 11.0. The molecular weight excluding hydrogens is 530 g/mol. The number of hydrogen-bond donors (Lipinski definition) is 2. The van der Waals surface area contributed by atoms with E-state index < -0.39 is 11.6 Å². The molecule has 220 valence electrons. The molecule has 0 unspecified atom stereocenters. The number of aliphatic imine (C=N–C) groups is 1. The molecule has 0 radical (unpaired) electrons. The normalized spacial score (nSPS) is 11.9. The fraction of sp³-hybridized carbons (Fsp3) is 0.344. The molecule has 0 spiro atoms. The van der Waals surface area contributed by atoms with Crippen LogP contribution in [0.15, 0.2) is 48.2 Å². The predicted octanol–water partition coefficient (Wildman–Crippen LogP) is 5.43. The maximum atomic E-state index is 12.9. The number of benzene rings is 1. The van der Waals surface area contributed by atoms with Gasteiger partial charge in [0.05, 0.1) is 5.69 Å². The molecule has 3 aromatic heterocycles. The third-order valence-electron chi connectivity index (χ3n) is 6.77. The third kappa shape index (κ3) is 6.94. The number of nitrogens with zero attached hydrogens (tertiary/aromatic N) is 5. The number of hydrogen-bond acceptors (Lipinski definition) is 8. The van der Waals surface area contributed by atoms with Gasteiger partial charge in [-0.2, -0.15) is 4.98 Å². The summed E-state index contributed by atoms with van der Waals surface area (Å²) in [6.07, 6.45) is 6.69. The van der Waals surface area contributed by atoms with E-state index in [0.717, 1.165) is 45.6 Å². The van der Waals surface area contributed by atoms with Gasteiger partial charge in [-0.25, -0.2) is 14.8 Å². The molecule has 0 aliphatic heterocycles. The summed E-state index contributed by atoms with van der Waals surface area (Å²) < 4.78 is 13.5. The number of carbonyl (C=O) groups excluding carboxylic acids is 1. The Morgan fingerprint density at radius 1 is 1.17 bits per heavy atom. The number of imidazole rings is 1. The topological polar surface area (TPSA) is 129 Å². The van der Waals surface area contributed by atoms with E-state index in [9.17, 15) is 4.79 Å². The van der Waals surface area contributed by atoms with E-state index in [4.69, 9.17) is 15.2 Å². The van der Waals surface area contributed by atoms with Crippen molar-refractivity contribution < 1.29 is 14.3 Å². The lowest BCUT2D eigenvalue weighted by molar-refractivity contribution is 0.00544. The van der Waals surface area contributed by atoms with E-state index in [0.29, 0.717) is 18.2 Å². The van der Waals surface area contributed by atoms with Gasteiger partial charge in [-0.15, -0.1) is 0 Å². The van der Waals surface area contributed by atoms with Gasteiger partial charge in [-0.3, -0.25) is 4.99 Å². The number of nitrogens with two attached hydrogens (primary N) is 1. The highest BCUT2D eigenvalue weighted by Crippen LogP contribution is 2.26. The number of aromatic nitrogens is 4. The number of anilines is 1. The molecule has 0 saturated heterocycles. The maximum absolute atomic E-state index is 12.9. The van der Waals surface area contributed by atoms with E-state index in [-0.39, 0.29) is 18.3 Å². The Labute approximate surface area is 246 Å². The first kappa shape index (κ1) is 30.2. The molecule has 0 aliphatic carbocycles. The number of nitrogens with one attached hydrogen (secondary N) is 1. The maximum Gasteiger partial charge on any atom is 0.377 e. The van der Waals surface area contributed by atoms with Crippen LogP contribution < -0.4 is 15.8 Å². The van der Waals surface area contributed by atoms with E-state index in [1.807, 2.05) is 36.6 Å². The molecule has 0 amide bonds. The molecule has 10 heteroatoms. The SMILES string of the molecule is C=Cc1c(C(N)=NC)cc(C)c(CNc2cc(OCc3cn4cc(CC)ccc4n3)nc(C(=O)OC(C)(C)C)n2)c1C. The molecule has 0 saturated carbocycles. The number of rotatable bonds is 10. The van der Waals surface area contributed by atoms with Crippen LogP contribution in [0.2, 0.25) is 0 Å². The zero-order chi connectivity index (χ0) is 30.6. The number of pyridine rings is 1. The molecule has 0 fully saturated rings. The molecule has 0 aliphatic rings. The van der Waals surface area contributed by atoms with Gasteiger partial charge in [0.1, 0.15) is 29.5 Å². The lowest BCUT2D eigenvalue weighted by atomic mass is 9.92. The standard InChI is InChI=1S/C32H39N7O3/c1-9-21-11-12-27-36-22(17-39(27)16-21)18-41-28-14-26(37-30(38-28)31(40)42-32(5,6)7)35-15-25-19(3)13-24(29(33)34-8)23(10-2)20(25)4/h10-14,16-17H,2,9,15,18H2,1,3-8H3,(H2,33,34)(H,35,37,38). The second-order valence-electron chi connectivity index (χ2n) is 11.0. The monoisotopic (exact) mass is 569 g/mol. The van der Waals surface area contributed by atoms with Crippen molar-refractivity contribution in [2.75, 3.05) is 12.4 Å². The van der Waals surface area contributed by atoms with Crippen LogP contribution in [0.5, 0.6) is 5.88 Å². The number of fused-ring (bicyclic) bond motifs is 1. The van der Waals surface area contributed by atoms with Gasteiger partial charge in [-0.1, -0.05) is 25.6 Å². The Bertz CT molecular complexity index is 1670. The summed E-state index contributed by atoms with van der Waals surface area (Å²) in [5.74, 6) is 0.348. The zero-order valence-electron chi connectivity index (χ0n) is 25.4. The summed E-state index contributed by atoms with van der Waals surface area (Å²) in [7, 11) is 1.66. The van der Waals surface area contributed by atoms with Gasteiger partial charge in [0, 0.05) is 37.6 Å². The predicted molar refractivity (Wildman–Crippen MR) is 166 cm³/mol. The smallest absolute Gasteiger partial charge is 0.377 e. The van der Waals surface area contributed by atoms with Crippen molar-refractivity contribution >= 4 is 29.3 Å². The minimum absolute atomic E-state index is 0.102. The van der Waals surface area contributed by atoms with Gasteiger partial charge >= 0.3 is 5.97 Å². The fourth-order valence-corrected chi connectivity index (χ4v) is 4.61. The first-order valence-corrected chi connectivity index (χ1v) is 13.9. The Morgan fingerprint density at radius 2 is 1.93 bits per heavy atom. The van der Waals surface area contributed by atoms with Crippen molar-refractivity contribution in [2.24, 2.45) is 10.7 Å². The van der Waals surface area contributed by atoms with Crippen molar-refractivity contribution in [1.82, 2.24) is 19.4 Å². The molecule has 0 bridgehead atoms. The minimum Gasteiger partial charge on any atom is -0.471 e. The van der Waals surface area contributed by atoms with E-state index in [2.05, 4.69) is 51.0 Å². The average molecular weight is 570 g/mol. The number of ether oxygens (including phenoxy) is 2. The van der Waals surface area contributed by atoms with Crippen LogP contribution in [0.25, 0.3) is 11.7 Å². The van der Waals surface area contributed by atoms with Crippen molar-refractivity contribution in [3.8, 4) is 5.88 Å². The summed E-state index contributed by atoms with van der Waals surface area (Å²) in [5, 5.41) is 3.33. The molecule has 10 nitrogen and oxygen atoms in total. The molecule has 3 N–H and O–H groups in total. The van der Waals surface area contributed by atoms with Crippen LogP contribution in [0.3, 0.4) is 0 Å². The fourth-order valence-electron chi connectivity index (χ4n) is 4.61. The van der Waals surface area contributed by atoms with Crippen LogP contribution in [-0.4, -0.2) is 43.8 Å². The lowest BCUT2D eigenvalue weighted by Gasteiger charge is -2.20. The largest absolute Gasteiger partial charge is 0.471 e. The summed E-state index contributed by atoms with van der Waals surface area (Å²) in [6, 6.07) is 7.70. The van der Waals surface area contributed by atoms with Crippen LogP contribution in [0.1, 0.15) is 77.4 Å². The molecule has 4 rings (SSSR count). The third-order valence-corrected chi connectivity index (χ3v) is 6.77. The molecule has 42 heavy (non-hydrogen) atoms. The van der Waals surface area contributed by atoms with Crippen molar-refractivity contribution in [3.63, 3.8) is 0 Å². The molecule has 0 atom stereocenters. The van der Waals surface area contributed by atoms with E-state index in [1.54, 1.807) is 40.0 Å². The Kier molecular flexibility index (Phi) is 8.94. The molecular formula is C32H39N7O3. The van der Waals surface area contributed by atoms with Gasteiger partial charge < -0.3 is 24.9 Å². The Balaban J connectivity index is 1.62. The minimum atomic E-state index is -0.709. The van der Waals surface area contributed by atoms with Crippen molar-refractivity contribution in [2.45, 2.75) is 66.7 Å². The first-order valence-electron chi connectivity index (χ1n) is 13.9. The summed E-state index contributed by atoms with van der Waals surface area (Å²) >= 11 is 0. The number of esters is 1.